The van der Waals surface area contributed by atoms with Crippen LogP contribution in [0.5, 0.6) is 0 Å². The zero-order valence-corrected chi connectivity index (χ0v) is 11.6. The first kappa shape index (κ1) is 14.0. The Balaban J connectivity index is 2.16. The molecule has 4 nitrogen and oxygen atoms in total. The summed E-state index contributed by atoms with van der Waals surface area (Å²) in [5.41, 5.74) is 0.868. The molecule has 0 amide bonds. The van der Waals surface area contributed by atoms with Crippen LogP contribution in [0.4, 0.5) is 0 Å². The molecule has 1 fully saturated rings. The molecule has 1 aromatic carbocycles. The highest BCUT2D eigenvalue weighted by Crippen LogP contribution is 2.24. The molecule has 0 spiro atoms. The van der Waals surface area contributed by atoms with Crippen LogP contribution < -0.4 is 0 Å². The van der Waals surface area contributed by atoms with E-state index in [1.54, 1.807) is 0 Å². The average Bonchev–Trinajstić information content (AvgIpc) is 2.40. The summed E-state index contributed by atoms with van der Waals surface area (Å²) in [5.74, 6) is -0.761. The van der Waals surface area contributed by atoms with Crippen molar-refractivity contribution in [1.29, 1.82) is 0 Å². The summed E-state index contributed by atoms with van der Waals surface area (Å²) in [6, 6.07) is 9.39. The van der Waals surface area contributed by atoms with Crippen molar-refractivity contribution >= 4 is 5.97 Å². The van der Waals surface area contributed by atoms with Gasteiger partial charge in [0.1, 0.15) is 6.04 Å². The van der Waals surface area contributed by atoms with Gasteiger partial charge in [0.15, 0.2) is 0 Å². The predicted molar refractivity (Wildman–Crippen MR) is 75.1 cm³/mol. The van der Waals surface area contributed by atoms with E-state index in [1.807, 2.05) is 30.3 Å². The zero-order valence-electron chi connectivity index (χ0n) is 11.6. The third-order valence-corrected chi connectivity index (χ3v) is 3.92. The van der Waals surface area contributed by atoms with Crippen LogP contribution in [0.1, 0.15) is 25.5 Å². The molecule has 1 aromatic rings. The normalized spacial score (nSPS) is 23.2. The summed E-state index contributed by atoms with van der Waals surface area (Å²) < 4.78 is 0. The summed E-state index contributed by atoms with van der Waals surface area (Å²) in [4.78, 5) is 16.1. The molecule has 0 aliphatic carbocycles. The number of carboxylic acid groups (broad SMARTS) is 1. The number of carbonyl (C=O) groups is 1. The molecule has 0 bridgehead atoms. The van der Waals surface area contributed by atoms with E-state index >= 15 is 0 Å². The maximum atomic E-state index is 11.6. The number of nitrogens with zero attached hydrogens (tertiary/aromatic N) is 2. The van der Waals surface area contributed by atoms with E-state index in [2.05, 4.69) is 23.6 Å². The van der Waals surface area contributed by atoms with Crippen molar-refractivity contribution in [2.24, 2.45) is 0 Å². The SMILES string of the molecule is CCN1CCN(C(C(=O)O)c2ccccc2)CC1C. The second-order valence-electron chi connectivity index (χ2n) is 5.12. The van der Waals surface area contributed by atoms with Gasteiger partial charge in [0.2, 0.25) is 0 Å². The first-order valence-corrected chi connectivity index (χ1v) is 6.89. The second-order valence-corrected chi connectivity index (χ2v) is 5.12. The van der Waals surface area contributed by atoms with E-state index in [0.717, 1.165) is 31.7 Å². The largest absolute Gasteiger partial charge is 0.480 e. The highest BCUT2D eigenvalue weighted by Gasteiger charge is 2.32. The van der Waals surface area contributed by atoms with Gasteiger partial charge in [0.25, 0.3) is 0 Å². The monoisotopic (exact) mass is 262 g/mol. The fraction of sp³-hybridized carbons (Fsp3) is 0.533. The summed E-state index contributed by atoms with van der Waals surface area (Å²) in [6.45, 7) is 7.90. The van der Waals surface area contributed by atoms with Gasteiger partial charge in [-0.15, -0.1) is 0 Å². The molecule has 1 heterocycles. The fourth-order valence-electron chi connectivity index (χ4n) is 2.87. The molecule has 2 rings (SSSR count). The molecule has 0 saturated carbocycles. The number of hydrogen-bond donors (Lipinski definition) is 1. The van der Waals surface area contributed by atoms with Crippen molar-refractivity contribution in [1.82, 2.24) is 9.80 Å². The highest BCUT2D eigenvalue weighted by molar-refractivity contribution is 5.75. The Labute approximate surface area is 114 Å². The Bertz CT molecular complexity index is 421. The Kier molecular flexibility index (Phi) is 4.56. The zero-order chi connectivity index (χ0) is 13.8. The van der Waals surface area contributed by atoms with Crippen molar-refractivity contribution in [3.63, 3.8) is 0 Å². The molecule has 19 heavy (non-hydrogen) atoms. The van der Waals surface area contributed by atoms with Crippen molar-refractivity contribution in [3.05, 3.63) is 35.9 Å². The maximum Gasteiger partial charge on any atom is 0.325 e. The lowest BCUT2D eigenvalue weighted by molar-refractivity contribution is -0.144. The van der Waals surface area contributed by atoms with Crippen molar-refractivity contribution < 1.29 is 9.90 Å². The molecular weight excluding hydrogens is 240 g/mol. The highest BCUT2D eigenvalue weighted by atomic mass is 16.4. The van der Waals surface area contributed by atoms with Crippen LogP contribution >= 0.6 is 0 Å². The van der Waals surface area contributed by atoms with E-state index < -0.39 is 12.0 Å². The van der Waals surface area contributed by atoms with Gasteiger partial charge in [-0.2, -0.15) is 0 Å². The average molecular weight is 262 g/mol. The molecule has 1 aliphatic heterocycles. The fourth-order valence-corrected chi connectivity index (χ4v) is 2.87. The lowest BCUT2D eigenvalue weighted by Gasteiger charge is -2.41. The summed E-state index contributed by atoms with van der Waals surface area (Å²) >= 11 is 0. The van der Waals surface area contributed by atoms with Crippen LogP contribution in [0.3, 0.4) is 0 Å². The predicted octanol–water partition coefficient (Wildman–Crippen LogP) is 1.84. The summed E-state index contributed by atoms with van der Waals surface area (Å²) in [7, 11) is 0. The molecule has 1 aliphatic rings. The number of piperazine rings is 1. The van der Waals surface area contributed by atoms with E-state index in [-0.39, 0.29) is 0 Å². The van der Waals surface area contributed by atoms with Gasteiger partial charge >= 0.3 is 5.97 Å². The van der Waals surface area contributed by atoms with Gasteiger partial charge < -0.3 is 5.11 Å². The molecule has 2 atom stereocenters. The van der Waals surface area contributed by atoms with Crippen LogP contribution in [0.2, 0.25) is 0 Å². The molecular formula is C15H22N2O2. The standard InChI is InChI=1S/C15H22N2O2/c1-3-16-9-10-17(11-12(16)2)14(15(18)19)13-7-5-4-6-8-13/h4-8,12,14H,3,9-11H2,1-2H3,(H,18,19). The lowest BCUT2D eigenvalue weighted by atomic mass is 10.0. The van der Waals surface area contributed by atoms with E-state index in [9.17, 15) is 9.90 Å². The van der Waals surface area contributed by atoms with Crippen LogP contribution in [0.25, 0.3) is 0 Å². The minimum atomic E-state index is -0.761. The van der Waals surface area contributed by atoms with Crippen LogP contribution in [0, 0.1) is 0 Å². The van der Waals surface area contributed by atoms with Gasteiger partial charge in [-0.05, 0) is 19.0 Å². The Morgan fingerprint density at radius 3 is 2.58 bits per heavy atom. The minimum absolute atomic E-state index is 0.407. The molecule has 0 aromatic heterocycles. The van der Waals surface area contributed by atoms with Gasteiger partial charge in [-0.3, -0.25) is 14.6 Å². The van der Waals surface area contributed by atoms with Crippen LogP contribution in [-0.4, -0.2) is 53.1 Å². The Morgan fingerprint density at radius 2 is 2.05 bits per heavy atom. The number of carboxylic acids is 1. The second kappa shape index (κ2) is 6.17. The van der Waals surface area contributed by atoms with Gasteiger partial charge in [-0.25, -0.2) is 0 Å². The van der Waals surface area contributed by atoms with Crippen molar-refractivity contribution in [2.45, 2.75) is 25.9 Å². The van der Waals surface area contributed by atoms with Crippen molar-refractivity contribution in [2.75, 3.05) is 26.2 Å². The molecule has 1 saturated heterocycles. The van der Waals surface area contributed by atoms with E-state index in [1.165, 1.54) is 0 Å². The summed E-state index contributed by atoms with van der Waals surface area (Å²) in [5, 5.41) is 9.53. The van der Waals surface area contributed by atoms with E-state index in [4.69, 9.17) is 0 Å². The summed E-state index contributed by atoms with van der Waals surface area (Å²) in [6.07, 6.45) is 0. The van der Waals surface area contributed by atoms with Gasteiger partial charge in [0.05, 0.1) is 0 Å². The third-order valence-electron chi connectivity index (χ3n) is 3.92. The minimum Gasteiger partial charge on any atom is -0.480 e. The smallest absolute Gasteiger partial charge is 0.325 e. The van der Waals surface area contributed by atoms with Gasteiger partial charge in [-0.1, -0.05) is 37.3 Å². The third kappa shape index (κ3) is 3.14. The van der Waals surface area contributed by atoms with Crippen LogP contribution in [0.15, 0.2) is 30.3 Å². The molecule has 0 radical (unpaired) electrons. The number of rotatable bonds is 4. The van der Waals surface area contributed by atoms with Crippen molar-refractivity contribution in [3.8, 4) is 0 Å². The lowest BCUT2D eigenvalue weighted by Crippen LogP contribution is -2.53. The topological polar surface area (TPSA) is 43.8 Å². The first-order valence-electron chi connectivity index (χ1n) is 6.89. The number of benzene rings is 1. The first-order chi connectivity index (χ1) is 9.13. The quantitative estimate of drug-likeness (QED) is 0.899. The maximum absolute atomic E-state index is 11.6. The molecule has 2 unspecified atom stereocenters. The van der Waals surface area contributed by atoms with E-state index in [0.29, 0.717) is 6.04 Å². The molecule has 4 heteroatoms. The molecule has 104 valence electrons. The molecule has 1 N–H and O–H groups in total. The Hall–Kier alpha value is -1.39. The van der Waals surface area contributed by atoms with Crippen LogP contribution in [-0.2, 0) is 4.79 Å². The van der Waals surface area contributed by atoms with Gasteiger partial charge in [0, 0.05) is 25.7 Å². The number of likely N-dealkylation sites (N-methyl/N-ethyl adjacent to an activating group) is 1. The number of aliphatic carboxylic acids is 1. The number of hydrogen-bond acceptors (Lipinski definition) is 3. The Morgan fingerprint density at radius 1 is 1.37 bits per heavy atom.